The van der Waals surface area contributed by atoms with Gasteiger partial charge in [-0.3, -0.25) is 0 Å². The van der Waals surface area contributed by atoms with Crippen LogP contribution in [0.1, 0.15) is 21.7 Å². The molecule has 0 amide bonds. The summed E-state index contributed by atoms with van der Waals surface area (Å²) in [5.74, 6) is 1.49. The molecule has 7 nitrogen and oxygen atoms in total. The minimum absolute atomic E-state index is 0.288. The number of hydrogen-bond acceptors (Lipinski definition) is 6. The van der Waals surface area contributed by atoms with Crippen molar-refractivity contribution in [2.24, 2.45) is 0 Å². The summed E-state index contributed by atoms with van der Waals surface area (Å²) in [4.78, 5) is 24.6. The Kier molecular flexibility index (Phi) is 5.14. The van der Waals surface area contributed by atoms with Gasteiger partial charge in [0.25, 0.3) is 0 Å². The van der Waals surface area contributed by atoms with E-state index in [0.717, 1.165) is 49.2 Å². The molecule has 2 N–H and O–H groups in total. The summed E-state index contributed by atoms with van der Waals surface area (Å²) in [7, 11) is 2.13. The fraction of sp³-hybridized carbons (Fsp3) is 0.389. The first-order valence-corrected chi connectivity index (χ1v) is 8.36. The Hall–Kier alpha value is -2.67. The minimum Gasteiger partial charge on any atom is -0.478 e. The molecule has 2 aromatic rings. The fourth-order valence-corrected chi connectivity index (χ4v) is 2.85. The Morgan fingerprint density at radius 2 is 1.96 bits per heavy atom. The Morgan fingerprint density at radius 1 is 1.20 bits per heavy atom. The van der Waals surface area contributed by atoms with Crippen molar-refractivity contribution in [3.63, 3.8) is 0 Å². The largest absolute Gasteiger partial charge is 0.478 e. The lowest BCUT2D eigenvalue weighted by Gasteiger charge is -2.33. The van der Waals surface area contributed by atoms with Gasteiger partial charge >= 0.3 is 5.97 Å². The van der Waals surface area contributed by atoms with E-state index in [9.17, 15) is 4.79 Å². The van der Waals surface area contributed by atoms with Crippen LogP contribution in [0.4, 0.5) is 11.6 Å². The molecule has 1 saturated heterocycles. The van der Waals surface area contributed by atoms with Gasteiger partial charge in [0.1, 0.15) is 17.5 Å². The average molecular weight is 341 g/mol. The monoisotopic (exact) mass is 341 g/mol. The molecule has 0 spiro atoms. The third kappa shape index (κ3) is 4.45. The van der Waals surface area contributed by atoms with Crippen LogP contribution in [0.3, 0.4) is 0 Å². The SMILES string of the molecule is Cc1nc(NCc2cccc(C(=O)O)c2)cc(N2CCN(C)CC2)n1. The molecule has 1 aliphatic heterocycles. The van der Waals surface area contributed by atoms with Gasteiger partial charge in [-0.15, -0.1) is 0 Å². The van der Waals surface area contributed by atoms with Crippen LogP contribution in [0.2, 0.25) is 0 Å². The van der Waals surface area contributed by atoms with E-state index >= 15 is 0 Å². The number of aryl methyl sites for hydroxylation is 1. The lowest BCUT2D eigenvalue weighted by atomic mass is 10.1. The van der Waals surface area contributed by atoms with Crippen LogP contribution in [-0.2, 0) is 6.54 Å². The third-order valence-corrected chi connectivity index (χ3v) is 4.30. The molecule has 1 fully saturated rings. The zero-order valence-electron chi connectivity index (χ0n) is 14.6. The topological polar surface area (TPSA) is 81.6 Å². The van der Waals surface area contributed by atoms with Crippen LogP contribution in [0.25, 0.3) is 0 Å². The number of carboxylic acids is 1. The van der Waals surface area contributed by atoms with Crippen LogP contribution in [0.5, 0.6) is 0 Å². The summed E-state index contributed by atoms with van der Waals surface area (Å²) < 4.78 is 0. The minimum atomic E-state index is -0.919. The number of piperazine rings is 1. The van der Waals surface area contributed by atoms with E-state index in [-0.39, 0.29) is 5.56 Å². The first-order chi connectivity index (χ1) is 12.0. The molecule has 3 rings (SSSR count). The van der Waals surface area contributed by atoms with Gasteiger partial charge in [-0.2, -0.15) is 0 Å². The predicted octanol–water partition coefficient (Wildman–Crippen LogP) is 1.85. The van der Waals surface area contributed by atoms with Gasteiger partial charge in [0.15, 0.2) is 0 Å². The Labute approximate surface area is 147 Å². The quantitative estimate of drug-likeness (QED) is 0.859. The Balaban J connectivity index is 1.70. The molecule has 0 bridgehead atoms. The fourth-order valence-electron chi connectivity index (χ4n) is 2.85. The summed E-state index contributed by atoms with van der Waals surface area (Å²) in [6.45, 7) is 6.34. The summed E-state index contributed by atoms with van der Waals surface area (Å²) in [6, 6.07) is 8.87. The van der Waals surface area contributed by atoms with Crippen molar-refractivity contribution in [3.8, 4) is 0 Å². The summed E-state index contributed by atoms with van der Waals surface area (Å²) in [5.41, 5.74) is 1.19. The van der Waals surface area contributed by atoms with E-state index in [1.807, 2.05) is 19.1 Å². The van der Waals surface area contributed by atoms with E-state index in [0.29, 0.717) is 6.54 Å². The van der Waals surface area contributed by atoms with Gasteiger partial charge in [0.05, 0.1) is 5.56 Å². The van der Waals surface area contributed by atoms with Gasteiger partial charge in [-0.25, -0.2) is 14.8 Å². The number of aromatic nitrogens is 2. The number of nitrogens with one attached hydrogen (secondary N) is 1. The number of hydrogen-bond donors (Lipinski definition) is 2. The molecule has 0 radical (unpaired) electrons. The molecule has 1 aliphatic rings. The molecule has 0 aliphatic carbocycles. The van der Waals surface area contributed by atoms with Crippen molar-refractivity contribution < 1.29 is 9.90 Å². The maximum atomic E-state index is 11.1. The van der Waals surface area contributed by atoms with E-state index in [2.05, 4.69) is 32.1 Å². The maximum absolute atomic E-state index is 11.1. The van der Waals surface area contributed by atoms with Gasteiger partial charge < -0.3 is 20.2 Å². The van der Waals surface area contributed by atoms with Crippen LogP contribution in [0, 0.1) is 6.92 Å². The third-order valence-electron chi connectivity index (χ3n) is 4.30. The second-order valence-corrected chi connectivity index (χ2v) is 6.31. The number of carbonyl (C=O) groups is 1. The number of nitrogens with zero attached hydrogens (tertiary/aromatic N) is 4. The normalized spacial score (nSPS) is 15.2. The standard InChI is InChI=1S/C18H23N5O2/c1-13-20-16(11-17(21-13)23-8-6-22(2)7-9-23)19-12-14-4-3-5-15(10-14)18(24)25/h3-5,10-11H,6-9,12H2,1-2H3,(H,24,25)(H,19,20,21). The second-order valence-electron chi connectivity index (χ2n) is 6.31. The van der Waals surface area contributed by atoms with Crippen molar-refractivity contribution in [1.82, 2.24) is 14.9 Å². The molecule has 25 heavy (non-hydrogen) atoms. The highest BCUT2D eigenvalue weighted by atomic mass is 16.4. The van der Waals surface area contributed by atoms with E-state index in [1.54, 1.807) is 18.2 Å². The second kappa shape index (κ2) is 7.48. The first kappa shape index (κ1) is 17.2. The van der Waals surface area contributed by atoms with Gasteiger partial charge in [0, 0.05) is 38.8 Å². The highest BCUT2D eigenvalue weighted by Crippen LogP contribution is 2.18. The molecular formula is C18H23N5O2. The predicted molar refractivity (Wildman–Crippen MR) is 97.2 cm³/mol. The Bertz CT molecular complexity index is 757. The number of anilines is 2. The summed E-state index contributed by atoms with van der Waals surface area (Å²) in [6.07, 6.45) is 0. The smallest absolute Gasteiger partial charge is 0.335 e. The van der Waals surface area contributed by atoms with Gasteiger partial charge in [-0.05, 0) is 31.7 Å². The zero-order valence-corrected chi connectivity index (χ0v) is 14.6. The average Bonchev–Trinajstić information content (AvgIpc) is 2.60. The number of rotatable bonds is 5. The molecule has 0 atom stereocenters. The van der Waals surface area contributed by atoms with E-state index in [4.69, 9.17) is 5.11 Å². The van der Waals surface area contributed by atoms with Crippen LogP contribution < -0.4 is 10.2 Å². The number of likely N-dealkylation sites (N-methyl/N-ethyl adjacent to an activating group) is 1. The van der Waals surface area contributed by atoms with Gasteiger partial charge in [-0.1, -0.05) is 12.1 Å². The highest BCUT2D eigenvalue weighted by molar-refractivity contribution is 5.87. The highest BCUT2D eigenvalue weighted by Gasteiger charge is 2.16. The van der Waals surface area contributed by atoms with Crippen LogP contribution in [-0.4, -0.2) is 59.2 Å². The number of aromatic carboxylic acids is 1. The molecule has 1 aromatic carbocycles. The number of carboxylic acid groups (broad SMARTS) is 1. The van der Waals surface area contributed by atoms with Crippen molar-refractivity contribution in [2.75, 3.05) is 43.4 Å². The molecule has 1 aromatic heterocycles. The summed E-state index contributed by atoms with van der Waals surface area (Å²) >= 11 is 0. The lowest BCUT2D eigenvalue weighted by molar-refractivity contribution is 0.0696. The first-order valence-electron chi connectivity index (χ1n) is 8.36. The lowest BCUT2D eigenvalue weighted by Crippen LogP contribution is -2.44. The van der Waals surface area contributed by atoms with Crippen molar-refractivity contribution in [3.05, 3.63) is 47.3 Å². The van der Waals surface area contributed by atoms with E-state index < -0.39 is 5.97 Å². The number of benzene rings is 1. The van der Waals surface area contributed by atoms with Crippen molar-refractivity contribution in [2.45, 2.75) is 13.5 Å². The van der Waals surface area contributed by atoms with Crippen molar-refractivity contribution in [1.29, 1.82) is 0 Å². The maximum Gasteiger partial charge on any atom is 0.335 e. The molecule has 132 valence electrons. The van der Waals surface area contributed by atoms with Crippen molar-refractivity contribution >= 4 is 17.6 Å². The van der Waals surface area contributed by atoms with Crippen LogP contribution >= 0.6 is 0 Å². The van der Waals surface area contributed by atoms with Gasteiger partial charge in [0.2, 0.25) is 0 Å². The Morgan fingerprint density at radius 3 is 2.68 bits per heavy atom. The molecule has 7 heteroatoms. The molecule has 2 heterocycles. The molecule has 0 saturated carbocycles. The van der Waals surface area contributed by atoms with E-state index in [1.165, 1.54) is 0 Å². The molecule has 0 unspecified atom stereocenters. The molecular weight excluding hydrogens is 318 g/mol. The zero-order chi connectivity index (χ0) is 17.8. The van der Waals surface area contributed by atoms with Crippen LogP contribution in [0.15, 0.2) is 30.3 Å². The summed E-state index contributed by atoms with van der Waals surface area (Å²) in [5, 5.41) is 12.4.